The third-order valence-electron chi connectivity index (χ3n) is 6.35. The number of hydrogen-bond acceptors (Lipinski definition) is 7. The van der Waals surface area contributed by atoms with E-state index in [2.05, 4.69) is 20.5 Å². The predicted octanol–water partition coefficient (Wildman–Crippen LogP) is 3.61. The molecule has 3 aliphatic heterocycles. The summed E-state index contributed by atoms with van der Waals surface area (Å²) in [5, 5.41) is 9.30. The van der Waals surface area contributed by atoms with Gasteiger partial charge in [0, 0.05) is 13.0 Å². The molecular formula is C23H19ClFN5O5. The van der Waals surface area contributed by atoms with E-state index in [0.29, 0.717) is 43.1 Å². The van der Waals surface area contributed by atoms with Gasteiger partial charge in [0.1, 0.15) is 5.82 Å². The predicted molar refractivity (Wildman–Crippen MR) is 120 cm³/mol. The molecule has 2 amide bonds. The number of nitrogens with zero attached hydrogens (tertiary/aromatic N) is 3. The van der Waals surface area contributed by atoms with Crippen LogP contribution in [0.2, 0.25) is 5.02 Å². The van der Waals surface area contributed by atoms with Gasteiger partial charge in [0.15, 0.2) is 22.9 Å². The number of amides is 2. The molecule has 3 aromatic rings. The lowest BCUT2D eigenvalue weighted by Crippen LogP contribution is -2.53. The van der Waals surface area contributed by atoms with Gasteiger partial charge in [0.25, 0.3) is 5.91 Å². The van der Waals surface area contributed by atoms with Crippen molar-refractivity contribution in [3.05, 3.63) is 63.9 Å². The highest BCUT2D eigenvalue weighted by Gasteiger charge is 2.49. The number of nitrogens with one attached hydrogen (secondary N) is 2. The van der Waals surface area contributed by atoms with Crippen LogP contribution in [0.4, 0.5) is 14.9 Å². The van der Waals surface area contributed by atoms with E-state index in [0.717, 1.165) is 5.56 Å². The van der Waals surface area contributed by atoms with Crippen LogP contribution in [0.3, 0.4) is 0 Å². The lowest BCUT2D eigenvalue weighted by atomic mass is 9.83. The summed E-state index contributed by atoms with van der Waals surface area (Å²) in [6, 6.07) is 8.45. The number of fused-ring (bicyclic) bond motifs is 3. The normalized spacial score (nSPS) is 20.4. The van der Waals surface area contributed by atoms with Gasteiger partial charge in [-0.1, -0.05) is 17.7 Å². The van der Waals surface area contributed by atoms with Crippen LogP contribution in [-0.2, 0) is 16.8 Å². The Hall–Kier alpha value is -3.86. The lowest BCUT2D eigenvalue weighted by molar-refractivity contribution is -0.0420. The Bertz CT molecular complexity index is 1360. The molecule has 1 spiro atoms. The minimum absolute atomic E-state index is 0.0233. The van der Waals surface area contributed by atoms with Gasteiger partial charge in [0.05, 0.1) is 22.8 Å². The monoisotopic (exact) mass is 499 g/mol. The van der Waals surface area contributed by atoms with Crippen molar-refractivity contribution in [2.75, 3.05) is 25.2 Å². The second kappa shape index (κ2) is 8.12. The number of likely N-dealkylation sites (tertiary alicyclic amines) is 1. The molecule has 0 saturated carbocycles. The summed E-state index contributed by atoms with van der Waals surface area (Å²) in [6.45, 7) is 0.522. The summed E-state index contributed by atoms with van der Waals surface area (Å²) < 4.78 is 31.4. The molecule has 6 rings (SSSR count). The van der Waals surface area contributed by atoms with E-state index in [1.165, 1.54) is 17.0 Å². The molecular weight excluding hydrogens is 481 g/mol. The zero-order valence-corrected chi connectivity index (χ0v) is 19.0. The zero-order chi connectivity index (χ0) is 24.2. The molecule has 0 bridgehead atoms. The number of hydrogen-bond donors (Lipinski definition) is 2. The number of H-pyrrole nitrogens is 1. The molecule has 10 nitrogen and oxygen atoms in total. The molecule has 0 aliphatic carbocycles. The van der Waals surface area contributed by atoms with Gasteiger partial charge >= 0.3 is 6.09 Å². The van der Waals surface area contributed by atoms with Crippen LogP contribution in [-0.4, -0.2) is 52.0 Å². The molecule has 3 aliphatic rings. The minimum atomic E-state index is -1.35. The molecule has 2 N–H and O–H groups in total. The van der Waals surface area contributed by atoms with Crippen molar-refractivity contribution < 1.29 is 28.2 Å². The van der Waals surface area contributed by atoms with E-state index in [9.17, 15) is 9.59 Å². The molecule has 1 atom stereocenters. The SMILES string of the molecule is O=C1Nc2ccc(Cl)c(F)c2[C@@]2(CCCN(C(=O)c3n[nH]c(Cc4ccc5c(c4)OCO5)n3)C2)O1. The maximum atomic E-state index is 15.1. The average molecular weight is 500 g/mol. The molecule has 0 radical (unpaired) electrons. The number of carbonyl (C=O) groups excluding carboxylic acids is 2. The summed E-state index contributed by atoms with van der Waals surface area (Å²) in [7, 11) is 0. The number of aromatic amines is 1. The van der Waals surface area contributed by atoms with E-state index in [1.807, 2.05) is 18.2 Å². The number of ether oxygens (including phenoxy) is 3. The number of rotatable bonds is 3. The lowest BCUT2D eigenvalue weighted by Gasteiger charge is -2.44. The van der Waals surface area contributed by atoms with Crippen LogP contribution in [0.25, 0.3) is 0 Å². The van der Waals surface area contributed by atoms with Crippen LogP contribution >= 0.6 is 11.6 Å². The van der Waals surface area contributed by atoms with E-state index < -0.39 is 23.4 Å². The number of anilines is 1. The van der Waals surface area contributed by atoms with Gasteiger partial charge in [-0.25, -0.2) is 14.2 Å². The highest BCUT2D eigenvalue weighted by Crippen LogP contribution is 2.45. The van der Waals surface area contributed by atoms with Crippen LogP contribution in [0.1, 0.15) is 40.4 Å². The number of halogens is 2. The first-order chi connectivity index (χ1) is 16.9. The first-order valence-electron chi connectivity index (χ1n) is 11.0. The van der Waals surface area contributed by atoms with E-state index >= 15 is 4.39 Å². The van der Waals surface area contributed by atoms with Crippen molar-refractivity contribution in [3.8, 4) is 11.5 Å². The van der Waals surface area contributed by atoms with Gasteiger partial charge in [-0.05, 0) is 42.7 Å². The Morgan fingerprint density at radius 1 is 1.23 bits per heavy atom. The number of carbonyl (C=O) groups is 2. The third kappa shape index (κ3) is 3.72. The fourth-order valence-electron chi connectivity index (χ4n) is 4.80. The van der Waals surface area contributed by atoms with Crippen molar-refractivity contribution >= 4 is 29.3 Å². The molecule has 2 aromatic carbocycles. The molecule has 0 unspecified atom stereocenters. The van der Waals surface area contributed by atoms with Gasteiger partial charge in [0.2, 0.25) is 12.6 Å². The second-order valence-electron chi connectivity index (χ2n) is 8.59. The highest BCUT2D eigenvalue weighted by atomic mass is 35.5. The van der Waals surface area contributed by atoms with Gasteiger partial charge < -0.3 is 19.1 Å². The molecule has 12 heteroatoms. The van der Waals surface area contributed by atoms with Gasteiger partial charge in [-0.2, -0.15) is 0 Å². The Kier molecular flexibility index (Phi) is 5.03. The van der Waals surface area contributed by atoms with Gasteiger partial charge in [-0.15, -0.1) is 5.10 Å². The number of aromatic nitrogens is 3. The topological polar surface area (TPSA) is 119 Å². The van der Waals surface area contributed by atoms with E-state index in [1.54, 1.807) is 0 Å². The quantitative estimate of drug-likeness (QED) is 0.565. The summed E-state index contributed by atoms with van der Waals surface area (Å²) in [5.74, 6) is 0.679. The fourth-order valence-corrected chi connectivity index (χ4v) is 4.96. The van der Waals surface area contributed by atoms with Crippen LogP contribution in [0, 0.1) is 5.82 Å². The van der Waals surface area contributed by atoms with E-state index in [4.69, 9.17) is 25.8 Å². The van der Waals surface area contributed by atoms with Crippen molar-refractivity contribution in [1.82, 2.24) is 20.1 Å². The smallest absolute Gasteiger partial charge is 0.412 e. The second-order valence-corrected chi connectivity index (χ2v) is 9.00. The Morgan fingerprint density at radius 3 is 2.97 bits per heavy atom. The molecule has 1 saturated heterocycles. The summed E-state index contributed by atoms with van der Waals surface area (Å²) in [4.78, 5) is 31.3. The van der Waals surface area contributed by atoms with Gasteiger partial charge in [-0.3, -0.25) is 15.2 Å². The van der Waals surface area contributed by atoms with Crippen molar-refractivity contribution in [2.24, 2.45) is 0 Å². The number of benzene rings is 2. The number of piperidine rings is 1. The van der Waals surface area contributed by atoms with Crippen molar-refractivity contribution in [2.45, 2.75) is 24.9 Å². The van der Waals surface area contributed by atoms with E-state index in [-0.39, 0.29) is 35.4 Å². The molecule has 1 fully saturated rings. The van der Waals surface area contributed by atoms with Crippen molar-refractivity contribution in [3.63, 3.8) is 0 Å². The molecule has 35 heavy (non-hydrogen) atoms. The summed E-state index contributed by atoms with van der Waals surface area (Å²) in [6.07, 6.45) is 0.523. The third-order valence-corrected chi connectivity index (χ3v) is 6.64. The maximum Gasteiger partial charge on any atom is 0.412 e. The first-order valence-corrected chi connectivity index (χ1v) is 11.4. The van der Waals surface area contributed by atoms with Crippen molar-refractivity contribution in [1.29, 1.82) is 0 Å². The molecule has 180 valence electrons. The largest absolute Gasteiger partial charge is 0.454 e. The Balaban J connectivity index is 1.24. The highest BCUT2D eigenvalue weighted by molar-refractivity contribution is 6.31. The Labute approximate surface area is 203 Å². The molecule has 4 heterocycles. The fraction of sp³-hybridized carbons (Fsp3) is 0.304. The first kappa shape index (κ1) is 21.7. The van der Waals surface area contributed by atoms with Crippen LogP contribution in [0.5, 0.6) is 11.5 Å². The molecule has 1 aromatic heterocycles. The summed E-state index contributed by atoms with van der Waals surface area (Å²) in [5.41, 5.74) is -0.0273. The minimum Gasteiger partial charge on any atom is -0.454 e. The summed E-state index contributed by atoms with van der Waals surface area (Å²) >= 11 is 6.02. The maximum absolute atomic E-state index is 15.1. The average Bonchev–Trinajstić information content (AvgIpc) is 3.50. The van der Waals surface area contributed by atoms with Crippen LogP contribution in [0.15, 0.2) is 30.3 Å². The Morgan fingerprint density at radius 2 is 2.09 bits per heavy atom. The standard InChI is InChI=1S/C23H19ClFN5O5/c24-13-3-4-14-18(19(13)25)23(35-22(32)26-14)6-1-7-30(10-23)21(31)20-27-17(28-29-20)9-12-2-5-15-16(8-12)34-11-33-15/h2-5,8H,1,6-7,9-11H2,(H,26,32)(H,27,28,29)/t23-/m0/s1. The van der Waals surface area contributed by atoms with Crippen LogP contribution < -0.4 is 14.8 Å². The zero-order valence-electron chi connectivity index (χ0n) is 18.3.